The summed E-state index contributed by atoms with van der Waals surface area (Å²) in [5.74, 6) is -1.93. The van der Waals surface area contributed by atoms with Crippen LogP contribution in [0.1, 0.15) is 52.9 Å². The summed E-state index contributed by atoms with van der Waals surface area (Å²) >= 11 is 0. The summed E-state index contributed by atoms with van der Waals surface area (Å²) in [5, 5.41) is 0. The number of carbonyl (C=O) groups excluding carboxylic acids is 3. The Kier molecular flexibility index (Phi) is 7.10. The van der Waals surface area contributed by atoms with E-state index in [0.717, 1.165) is 12.8 Å². The van der Waals surface area contributed by atoms with Gasteiger partial charge in [0, 0.05) is 31.0 Å². The van der Waals surface area contributed by atoms with Gasteiger partial charge in [-0.2, -0.15) is 0 Å². The smallest absolute Gasteiger partial charge is 0.311 e. The fourth-order valence-corrected chi connectivity index (χ4v) is 4.41. The number of hydrogen-bond acceptors (Lipinski definition) is 7. The molecule has 164 valence electrons. The van der Waals surface area contributed by atoms with Gasteiger partial charge in [-0.3, -0.25) is 19.4 Å². The third-order valence-electron chi connectivity index (χ3n) is 5.84. The Morgan fingerprint density at radius 1 is 1.17 bits per heavy atom. The van der Waals surface area contributed by atoms with Crippen LogP contribution >= 0.6 is 0 Å². The van der Waals surface area contributed by atoms with Gasteiger partial charge < -0.3 is 14.4 Å². The van der Waals surface area contributed by atoms with E-state index in [1.165, 1.54) is 0 Å². The first-order chi connectivity index (χ1) is 14.2. The zero-order chi connectivity index (χ0) is 21.7. The molecule has 7 nitrogen and oxygen atoms in total. The van der Waals surface area contributed by atoms with Gasteiger partial charge in [0.15, 0.2) is 6.73 Å². The van der Waals surface area contributed by atoms with Gasteiger partial charge in [-0.05, 0) is 52.4 Å². The fraction of sp³-hybridized carbons (Fsp3) is 0.652. The molecular formula is C23H32N2O5. The molecule has 0 saturated heterocycles. The van der Waals surface area contributed by atoms with Gasteiger partial charge in [0.1, 0.15) is 11.4 Å². The van der Waals surface area contributed by atoms with Gasteiger partial charge in [-0.1, -0.05) is 12.2 Å². The average Bonchev–Trinajstić information content (AvgIpc) is 3.13. The van der Waals surface area contributed by atoms with Crippen molar-refractivity contribution < 1.29 is 23.9 Å². The van der Waals surface area contributed by atoms with Crippen LogP contribution in [-0.4, -0.2) is 47.7 Å². The Bertz CT molecular complexity index is 749. The topological polar surface area (TPSA) is 85.3 Å². The molecule has 4 atom stereocenters. The van der Waals surface area contributed by atoms with Crippen molar-refractivity contribution in [2.45, 2.75) is 58.5 Å². The minimum atomic E-state index is -0.587. The summed E-state index contributed by atoms with van der Waals surface area (Å²) in [4.78, 5) is 44.4. The SMILES string of the molecule is CC(C)(C)OC(=O)[C@H]1CC[C@@H]2C/C=C\CC(C(=O)OCN3C=CN=CC3)CC(=O)C21. The first-order valence-corrected chi connectivity index (χ1v) is 10.7. The van der Waals surface area contributed by atoms with Gasteiger partial charge in [0.05, 0.1) is 18.4 Å². The number of allylic oxidation sites excluding steroid dienone is 2. The van der Waals surface area contributed by atoms with E-state index in [4.69, 9.17) is 9.47 Å². The predicted octanol–water partition coefficient (Wildman–Crippen LogP) is 3.25. The molecule has 3 rings (SSSR count). The molecule has 1 saturated carbocycles. The number of aliphatic imine (C=N–C) groups is 1. The lowest BCUT2D eigenvalue weighted by molar-refractivity contribution is -0.163. The highest BCUT2D eigenvalue weighted by Gasteiger charge is 2.46. The summed E-state index contributed by atoms with van der Waals surface area (Å²) in [6, 6.07) is 0. The minimum absolute atomic E-state index is 0.0241. The van der Waals surface area contributed by atoms with Crippen LogP contribution in [0.25, 0.3) is 0 Å². The highest BCUT2D eigenvalue weighted by molar-refractivity contribution is 5.90. The zero-order valence-electron chi connectivity index (χ0n) is 18.1. The van der Waals surface area contributed by atoms with Crippen LogP contribution in [0.15, 0.2) is 29.5 Å². The summed E-state index contributed by atoms with van der Waals surface area (Å²) in [5.41, 5.74) is -0.587. The quantitative estimate of drug-likeness (QED) is 0.517. The molecule has 0 radical (unpaired) electrons. The Hall–Kier alpha value is -2.44. The van der Waals surface area contributed by atoms with E-state index < -0.39 is 17.4 Å². The number of carbonyl (C=O) groups is 3. The Balaban J connectivity index is 1.65. The maximum atomic E-state index is 13.2. The molecule has 0 spiro atoms. The molecule has 0 amide bonds. The van der Waals surface area contributed by atoms with Crippen molar-refractivity contribution in [2.75, 3.05) is 13.3 Å². The molecule has 0 bridgehead atoms. The molecule has 1 aliphatic heterocycles. The van der Waals surface area contributed by atoms with Crippen molar-refractivity contribution in [2.24, 2.45) is 28.7 Å². The van der Waals surface area contributed by atoms with Crippen LogP contribution in [0.3, 0.4) is 0 Å². The number of ether oxygens (including phenoxy) is 2. The van der Waals surface area contributed by atoms with Crippen molar-refractivity contribution in [1.82, 2.24) is 4.90 Å². The van der Waals surface area contributed by atoms with Gasteiger partial charge in [-0.15, -0.1) is 0 Å². The van der Waals surface area contributed by atoms with Crippen molar-refractivity contribution in [3.8, 4) is 0 Å². The first-order valence-electron chi connectivity index (χ1n) is 10.7. The number of rotatable bonds is 4. The maximum absolute atomic E-state index is 13.2. The number of nitrogens with zero attached hydrogens (tertiary/aromatic N) is 2. The summed E-state index contributed by atoms with van der Waals surface area (Å²) in [7, 11) is 0. The van der Waals surface area contributed by atoms with E-state index in [9.17, 15) is 14.4 Å². The molecule has 0 aromatic heterocycles. The molecular weight excluding hydrogens is 384 g/mol. The molecule has 0 aromatic rings. The number of ketones is 1. The molecule has 1 fully saturated rings. The molecule has 0 N–H and O–H groups in total. The molecule has 30 heavy (non-hydrogen) atoms. The van der Waals surface area contributed by atoms with Gasteiger partial charge >= 0.3 is 11.9 Å². The normalized spacial score (nSPS) is 30.1. The average molecular weight is 417 g/mol. The highest BCUT2D eigenvalue weighted by Crippen LogP contribution is 2.43. The third kappa shape index (κ3) is 5.80. The minimum Gasteiger partial charge on any atom is -0.460 e. The lowest BCUT2D eigenvalue weighted by Gasteiger charge is -2.27. The Morgan fingerprint density at radius 2 is 1.93 bits per heavy atom. The van der Waals surface area contributed by atoms with E-state index in [0.29, 0.717) is 19.4 Å². The molecule has 0 aromatic carbocycles. The van der Waals surface area contributed by atoms with Crippen LogP contribution in [0.4, 0.5) is 0 Å². The van der Waals surface area contributed by atoms with Crippen LogP contribution < -0.4 is 0 Å². The lowest BCUT2D eigenvalue weighted by Crippen LogP contribution is -2.36. The maximum Gasteiger partial charge on any atom is 0.311 e. The molecule has 7 heteroatoms. The van der Waals surface area contributed by atoms with E-state index in [-0.39, 0.29) is 42.7 Å². The lowest BCUT2D eigenvalue weighted by atomic mass is 9.81. The molecule has 1 heterocycles. The monoisotopic (exact) mass is 416 g/mol. The summed E-state index contributed by atoms with van der Waals surface area (Å²) in [6.45, 7) is 6.21. The number of hydrogen-bond donors (Lipinski definition) is 0. The second-order valence-electron chi connectivity index (χ2n) is 9.31. The third-order valence-corrected chi connectivity index (χ3v) is 5.84. The van der Waals surface area contributed by atoms with Gasteiger partial charge in [0.25, 0.3) is 0 Å². The van der Waals surface area contributed by atoms with E-state index >= 15 is 0 Å². The number of esters is 2. The Morgan fingerprint density at radius 3 is 2.63 bits per heavy atom. The van der Waals surface area contributed by atoms with Gasteiger partial charge in [0.2, 0.25) is 0 Å². The van der Waals surface area contributed by atoms with Crippen molar-refractivity contribution in [1.29, 1.82) is 0 Å². The van der Waals surface area contributed by atoms with Crippen LogP contribution in [0, 0.1) is 23.7 Å². The van der Waals surface area contributed by atoms with E-state index in [2.05, 4.69) is 4.99 Å². The highest BCUT2D eigenvalue weighted by atomic mass is 16.6. The van der Waals surface area contributed by atoms with Crippen molar-refractivity contribution >= 4 is 23.9 Å². The van der Waals surface area contributed by atoms with Gasteiger partial charge in [-0.25, -0.2) is 0 Å². The standard InChI is InChI=1S/C23H32N2O5/c1-23(2,3)30-22(28)18-9-8-16-6-4-5-7-17(14-19(26)20(16)18)21(27)29-15-25-12-10-24-11-13-25/h4-5,10-12,16-18,20H,6-9,13-15H2,1-3H3/b5-4-/t16-,17?,18-,20?/m0/s1. The van der Waals surface area contributed by atoms with Crippen LogP contribution in [0.2, 0.25) is 0 Å². The number of Topliss-reactive ketones (excluding diaryl/α,β-unsaturated/α-hetero) is 1. The molecule has 2 unspecified atom stereocenters. The van der Waals surface area contributed by atoms with Crippen molar-refractivity contribution in [3.63, 3.8) is 0 Å². The van der Waals surface area contributed by atoms with Crippen molar-refractivity contribution in [3.05, 3.63) is 24.6 Å². The first kappa shape index (κ1) is 22.2. The second kappa shape index (κ2) is 9.58. The van der Waals surface area contributed by atoms with E-state index in [1.807, 2.05) is 37.8 Å². The summed E-state index contributed by atoms with van der Waals surface area (Å²) in [6.07, 6.45) is 11.9. The Labute approximate surface area is 178 Å². The largest absolute Gasteiger partial charge is 0.460 e. The molecule has 3 aliphatic rings. The van der Waals surface area contributed by atoms with E-state index in [1.54, 1.807) is 18.6 Å². The second-order valence-corrected chi connectivity index (χ2v) is 9.31. The predicted molar refractivity (Wildman–Crippen MR) is 112 cm³/mol. The van der Waals surface area contributed by atoms with Crippen LogP contribution in [-0.2, 0) is 23.9 Å². The zero-order valence-corrected chi connectivity index (χ0v) is 18.1. The summed E-state index contributed by atoms with van der Waals surface area (Å²) < 4.78 is 11.0. The fourth-order valence-electron chi connectivity index (χ4n) is 4.41. The van der Waals surface area contributed by atoms with Crippen LogP contribution in [0.5, 0.6) is 0 Å². The molecule has 2 aliphatic carbocycles. The number of fused-ring (bicyclic) bond motifs is 1.